The van der Waals surface area contributed by atoms with Gasteiger partial charge in [0.2, 0.25) is 0 Å². The maximum Gasteiger partial charge on any atom is 0.506 e. The summed E-state index contributed by atoms with van der Waals surface area (Å²) in [5, 5.41) is 0. The van der Waals surface area contributed by atoms with Crippen molar-refractivity contribution in [2.24, 2.45) is 11.8 Å². The number of rotatable bonds is 7. The third-order valence-electron chi connectivity index (χ3n) is 4.68. The Bertz CT molecular complexity index is 386. The molecular weight excluding hydrogens is 292 g/mol. The van der Waals surface area contributed by atoms with E-state index >= 15 is 0 Å². The van der Waals surface area contributed by atoms with Gasteiger partial charge in [-0.2, -0.15) is 0 Å². The molecule has 0 aliphatic carbocycles. The molecule has 0 N–H and O–H groups in total. The van der Waals surface area contributed by atoms with E-state index in [4.69, 9.17) is 22.8 Å². The number of esters is 1. The Kier molecular flexibility index (Phi) is 4.38. The van der Waals surface area contributed by atoms with Crippen LogP contribution in [0.15, 0.2) is 0 Å². The van der Waals surface area contributed by atoms with Crippen LogP contribution < -0.4 is 0 Å². The first-order valence-electron chi connectivity index (χ1n) is 7.90. The van der Waals surface area contributed by atoms with Crippen molar-refractivity contribution < 1.29 is 27.5 Å². The summed E-state index contributed by atoms with van der Waals surface area (Å²) in [7, 11) is -2.79. The monoisotopic (exact) mass is 316 g/mol. The maximum atomic E-state index is 11.8. The van der Waals surface area contributed by atoms with Crippen molar-refractivity contribution in [3.05, 3.63) is 0 Å². The van der Waals surface area contributed by atoms with Gasteiger partial charge in [0, 0.05) is 25.7 Å². The van der Waals surface area contributed by atoms with Gasteiger partial charge in [0.15, 0.2) is 0 Å². The van der Waals surface area contributed by atoms with Crippen LogP contribution in [0.5, 0.6) is 0 Å². The van der Waals surface area contributed by atoms with Gasteiger partial charge in [0.25, 0.3) is 0 Å². The van der Waals surface area contributed by atoms with Crippen LogP contribution in [0.1, 0.15) is 27.2 Å². The zero-order chi connectivity index (χ0) is 15.0. The highest BCUT2D eigenvalue weighted by molar-refractivity contribution is 6.62. The summed E-state index contributed by atoms with van der Waals surface area (Å²) in [6.07, 6.45) is 0.670. The lowest BCUT2D eigenvalue weighted by molar-refractivity contribution is -0.143. The van der Waals surface area contributed by atoms with Crippen LogP contribution in [-0.4, -0.2) is 53.4 Å². The van der Waals surface area contributed by atoms with Gasteiger partial charge in [-0.05, 0) is 27.2 Å². The molecule has 3 fully saturated rings. The first-order chi connectivity index (χ1) is 10.2. The summed E-state index contributed by atoms with van der Waals surface area (Å²) < 4.78 is 29.3. The van der Waals surface area contributed by atoms with Crippen LogP contribution in [0.4, 0.5) is 0 Å². The molecule has 0 aromatic rings. The fraction of sp³-hybridized carbons (Fsp3) is 0.929. The SMILES string of the molecule is CCO[Si](OCC)(OCC)C1CC2OC1C1COC(=O)C21. The molecule has 3 rings (SSSR count). The van der Waals surface area contributed by atoms with Gasteiger partial charge < -0.3 is 22.8 Å². The molecule has 0 spiro atoms. The summed E-state index contributed by atoms with van der Waals surface area (Å²) in [6, 6.07) is 0. The quantitative estimate of drug-likeness (QED) is 0.522. The highest BCUT2D eigenvalue weighted by atomic mass is 28.4. The van der Waals surface area contributed by atoms with E-state index in [0.29, 0.717) is 26.4 Å². The number of carbonyl (C=O) groups is 1. The minimum Gasteiger partial charge on any atom is -0.465 e. The van der Waals surface area contributed by atoms with Gasteiger partial charge in [0.1, 0.15) is 0 Å². The Hall–Kier alpha value is -0.473. The predicted molar refractivity (Wildman–Crippen MR) is 75.6 cm³/mol. The molecule has 5 atom stereocenters. The van der Waals surface area contributed by atoms with Crippen molar-refractivity contribution in [1.29, 1.82) is 0 Å². The summed E-state index contributed by atoms with van der Waals surface area (Å²) in [5.41, 5.74) is 0.109. The van der Waals surface area contributed by atoms with Crippen molar-refractivity contribution in [1.82, 2.24) is 0 Å². The van der Waals surface area contributed by atoms with Crippen molar-refractivity contribution in [2.75, 3.05) is 26.4 Å². The van der Waals surface area contributed by atoms with E-state index in [2.05, 4.69) is 0 Å². The second-order valence-corrected chi connectivity index (χ2v) is 8.52. The van der Waals surface area contributed by atoms with Gasteiger partial charge in [-0.15, -0.1) is 0 Å². The van der Waals surface area contributed by atoms with Crippen LogP contribution in [-0.2, 0) is 27.5 Å². The van der Waals surface area contributed by atoms with Gasteiger partial charge >= 0.3 is 14.8 Å². The second kappa shape index (κ2) is 5.96. The topological polar surface area (TPSA) is 63.2 Å². The maximum absolute atomic E-state index is 11.8. The van der Waals surface area contributed by atoms with E-state index in [1.165, 1.54) is 0 Å². The highest BCUT2D eigenvalue weighted by Crippen LogP contribution is 2.55. The third-order valence-corrected chi connectivity index (χ3v) is 8.23. The van der Waals surface area contributed by atoms with E-state index in [-0.39, 0.29) is 35.6 Å². The van der Waals surface area contributed by atoms with Crippen molar-refractivity contribution >= 4 is 14.8 Å². The molecule has 0 saturated carbocycles. The molecule has 0 aromatic heterocycles. The van der Waals surface area contributed by atoms with E-state index in [9.17, 15) is 4.79 Å². The number of hydrogen-bond acceptors (Lipinski definition) is 6. The van der Waals surface area contributed by atoms with Gasteiger partial charge in [-0.1, -0.05) is 0 Å². The Morgan fingerprint density at radius 2 is 1.76 bits per heavy atom. The fourth-order valence-corrected chi connectivity index (χ4v) is 7.39. The summed E-state index contributed by atoms with van der Waals surface area (Å²) in [6.45, 7) is 8.00. The smallest absolute Gasteiger partial charge is 0.465 e. The van der Waals surface area contributed by atoms with Crippen molar-refractivity contribution in [3.63, 3.8) is 0 Å². The molecule has 7 heteroatoms. The first-order valence-corrected chi connectivity index (χ1v) is 9.71. The standard InChI is InChI=1S/C14H24O6Si/c1-4-17-21(18-5-2,19-6-3)11-7-10-12-9(13(11)20-10)8-16-14(12)15/h9-13H,4-8H2,1-3H3. The first kappa shape index (κ1) is 15.4. The Labute approximate surface area is 126 Å². The number of hydrogen-bond donors (Lipinski definition) is 0. The van der Waals surface area contributed by atoms with Gasteiger partial charge in [0.05, 0.1) is 30.3 Å². The van der Waals surface area contributed by atoms with Gasteiger partial charge in [-0.25, -0.2) is 0 Å². The van der Waals surface area contributed by atoms with Crippen LogP contribution >= 0.6 is 0 Å². The van der Waals surface area contributed by atoms with Crippen LogP contribution in [0.25, 0.3) is 0 Å². The molecule has 3 saturated heterocycles. The van der Waals surface area contributed by atoms with E-state index < -0.39 is 8.80 Å². The van der Waals surface area contributed by atoms with E-state index in [1.807, 2.05) is 20.8 Å². The molecule has 3 aliphatic heterocycles. The minimum atomic E-state index is -2.79. The molecule has 3 aliphatic rings. The Morgan fingerprint density at radius 3 is 2.33 bits per heavy atom. The molecule has 5 unspecified atom stereocenters. The summed E-state index contributed by atoms with van der Waals surface area (Å²) in [5.74, 6) is -0.0697. The Morgan fingerprint density at radius 1 is 1.14 bits per heavy atom. The number of carbonyl (C=O) groups excluding carboxylic acids is 1. The second-order valence-electron chi connectivity index (χ2n) is 5.70. The van der Waals surface area contributed by atoms with Crippen LogP contribution in [0, 0.1) is 11.8 Å². The lowest BCUT2D eigenvalue weighted by atomic mass is 9.81. The molecule has 2 bridgehead atoms. The lowest BCUT2D eigenvalue weighted by Crippen LogP contribution is -2.55. The molecule has 120 valence electrons. The van der Waals surface area contributed by atoms with Crippen molar-refractivity contribution in [2.45, 2.75) is 44.9 Å². The normalized spacial score (nSPS) is 37.9. The number of fused-ring (bicyclic) bond motifs is 5. The average molecular weight is 316 g/mol. The zero-order valence-corrected chi connectivity index (χ0v) is 13.9. The summed E-state index contributed by atoms with van der Waals surface area (Å²) >= 11 is 0. The van der Waals surface area contributed by atoms with Crippen molar-refractivity contribution in [3.8, 4) is 0 Å². The largest absolute Gasteiger partial charge is 0.506 e. The fourth-order valence-electron chi connectivity index (χ4n) is 4.04. The Balaban J connectivity index is 1.83. The van der Waals surface area contributed by atoms with E-state index in [1.54, 1.807) is 0 Å². The molecule has 6 nitrogen and oxygen atoms in total. The lowest BCUT2D eigenvalue weighted by Gasteiger charge is -2.37. The molecule has 3 heterocycles. The minimum absolute atomic E-state index is 0.0391. The summed E-state index contributed by atoms with van der Waals surface area (Å²) in [4.78, 5) is 11.8. The average Bonchev–Trinajstić information content (AvgIpc) is 3.12. The van der Waals surface area contributed by atoms with Crippen LogP contribution in [0.3, 0.4) is 0 Å². The molecular formula is C14H24O6Si. The predicted octanol–water partition coefficient (Wildman–Crippen LogP) is 1.37. The molecule has 0 aromatic carbocycles. The molecule has 0 radical (unpaired) electrons. The van der Waals surface area contributed by atoms with Gasteiger partial charge in [-0.3, -0.25) is 4.79 Å². The highest BCUT2D eigenvalue weighted by Gasteiger charge is 2.68. The number of ether oxygens (including phenoxy) is 2. The third kappa shape index (κ3) is 2.35. The number of cyclic esters (lactones) is 1. The molecule has 21 heavy (non-hydrogen) atoms. The van der Waals surface area contributed by atoms with E-state index in [0.717, 1.165) is 6.42 Å². The zero-order valence-electron chi connectivity index (χ0n) is 12.9. The molecule has 0 amide bonds. The van der Waals surface area contributed by atoms with Crippen LogP contribution in [0.2, 0.25) is 5.54 Å².